The van der Waals surface area contributed by atoms with E-state index in [9.17, 15) is 8.42 Å². The van der Waals surface area contributed by atoms with Crippen molar-refractivity contribution in [2.75, 3.05) is 4.72 Å². The molecule has 2 rings (SSSR count). The van der Waals surface area contributed by atoms with Gasteiger partial charge in [0.1, 0.15) is 4.90 Å². The van der Waals surface area contributed by atoms with Gasteiger partial charge in [-0.05, 0) is 20.8 Å². The molecule has 0 saturated heterocycles. The number of aromatic nitrogens is 4. The Labute approximate surface area is 112 Å². The summed E-state index contributed by atoms with van der Waals surface area (Å²) in [6, 6.07) is 0. The largest absolute Gasteiger partial charge is 0.276 e. The normalized spacial score (nSPS) is 11.8. The smallest absolute Gasteiger partial charge is 0.265 e. The summed E-state index contributed by atoms with van der Waals surface area (Å²) in [6.45, 7) is 6.00. The molecule has 0 amide bonds. The third-order valence-electron chi connectivity index (χ3n) is 2.84. The molecule has 0 bridgehead atoms. The van der Waals surface area contributed by atoms with E-state index in [1.165, 1.54) is 10.9 Å². The SMILES string of the molecule is CCn1nc(C)c(S(=O)(=O)Nc2cnn(C)c2)c1C. The summed E-state index contributed by atoms with van der Waals surface area (Å²) < 4.78 is 30.5. The molecule has 0 saturated carbocycles. The fraction of sp³-hybridized carbons (Fsp3) is 0.455. The highest BCUT2D eigenvalue weighted by molar-refractivity contribution is 7.92. The number of anilines is 1. The second kappa shape index (κ2) is 4.69. The van der Waals surface area contributed by atoms with E-state index in [1.807, 2.05) is 6.92 Å². The maximum absolute atomic E-state index is 12.4. The summed E-state index contributed by atoms with van der Waals surface area (Å²) in [5.41, 5.74) is 1.57. The van der Waals surface area contributed by atoms with Crippen molar-refractivity contribution in [1.82, 2.24) is 19.6 Å². The van der Waals surface area contributed by atoms with Gasteiger partial charge in [0, 0.05) is 19.8 Å². The van der Waals surface area contributed by atoms with Gasteiger partial charge in [0.2, 0.25) is 0 Å². The molecule has 2 heterocycles. The van der Waals surface area contributed by atoms with Gasteiger partial charge in [0.15, 0.2) is 0 Å². The van der Waals surface area contributed by atoms with Crippen LogP contribution in [0.4, 0.5) is 5.69 Å². The molecular weight excluding hydrogens is 266 g/mol. The van der Waals surface area contributed by atoms with Gasteiger partial charge in [-0.3, -0.25) is 14.1 Å². The number of hydrogen-bond acceptors (Lipinski definition) is 4. The molecule has 19 heavy (non-hydrogen) atoms. The van der Waals surface area contributed by atoms with Crippen LogP contribution in [0.15, 0.2) is 17.3 Å². The monoisotopic (exact) mass is 283 g/mol. The first-order valence-corrected chi connectivity index (χ1v) is 7.39. The van der Waals surface area contributed by atoms with Crippen LogP contribution in [0.1, 0.15) is 18.3 Å². The second-order valence-corrected chi connectivity index (χ2v) is 5.94. The fourth-order valence-corrected chi connectivity index (χ4v) is 3.50. The van der Waals surface area contributed by atoms with Gasteiger partial charge in [-0.25, -0.2) is 8.42 Å². The van der Waals surface area contributed by atoms with Gasteiger partial charge in [-0.2, -0.15) is 10.2 Å². The Morgan fingerprint density at radius 3 is 2.53 bits per heavy atom. The molecule has 0 spiro atoms. The predicted molar refractivity (Wildman–Crippen MR) is 71.4 cm³/mol. The highest BCUT2D eigenvalue weighted by Crippen LogP contribution is 2.22. The van der Waals surface area contributed by atoms with Crippen molar-refractivity contribution in [3.05, 3.63) is 23.8 Å². The molecule has 0 aromatic carbocycles. The zero-order chi connectivity index (χ0) is 14.2. The Balaban J connectivity index is 2.42. The third-order valence-corrected chi connectivity index (χ3v) is 4.47. The molecule has 0 radical (unpaired) electrons. The Morgan fingerprint density at radius 2 is 2.05 bits per heavy atom. The Hall–Kier alpha value is -1.83. The molecule has 0 fully saturated rings. The van der Waals surface area contributed by atoms with E-state index in [-0.39, 0.29) is 4.90 Å². The third kappa shape index (κ3) is 2.48. The molecular formula is C11H17N5O2S. The topological polar surface area (TPSA) is 81.8 Å². The molecule has 7 nitrogen and oxygen atoms in total. The summed E-state index contributed by atoms with van der Waals surface area (Å²) in [5, 5.41) is 8.15. The summed E-state index contributed by atoms with van der Waals surface area (Å²) in [5.74, 6) is 0. The number of nitrogens with zero attached hydrogens (tertiary/aromatic N) is 4. The van der Waals surface area contributed by atoms with E-state index < -0.39 is 10.0 Å². The number of hydrogen-bond donors (Lipinski definition) is 1. The zero-order valence-corrected chi connectivity index (χ0v) is 12.2. The fourth-order valence-electron chi connectivity index (χ4n) is 2.06. The van der Waals surface area contributed by atoms with Crippen molar-refractivity contribution < 1.29 is 8.42 Å². The molecule has 8 heteroatoms. The van der Waals surface area contributed by atoms with E-state index in [0.29, 0.717) is 23.6 Å². The van der Waals surface area contributed by atoms with Crippen LogP contribution in [0.5, 0.6) is 0 Å². The number of aryl methyl sites for hydroxylation is 3. The molecule has 0 atom stereocenters. The lowest BCUT2D eigenvalue weighted by molar-refractivity contribution is 0.598. The summed E-state index contributed by atoms with van der Waals surface area (Å²) in [7, 11) is -1.91. The van der Waals surface area contributed by atoms with Gasteiger partial charge in [0.25, 0.3) is 10.0 Å². The lowest BCUT2D eigenvalue weighted by Gasteiger charge is -2.06. The predicted octanol–water partition coefficient (Wildman–Crippen LogP) is 1.05. The van der Waals surface area contributed by atoms with Crippen LogP contribution >= 0.6 is 0 Å². The van der Waals surface area contributed by atoms with Crippen molar-refractivity contribution >= 4 is 15.7 Å². The van der Waals surface area contributed by atoms with Crippen LogP contribution in [0.25, 0.3) is 0 Å². The maximum Gasteiger partial charge on any atom is 0.265 e. The molecule has 0 aliphatic heterocycles. The summed E-state index contributed by atoms with van der Waals surface area (Å²) in [6.07, 6.45) is 3.07. The zero-order valence-electron chi connectivity index (χ0n) is 11.4. The Kier molecular flexibility index (Phi) is 3.36. The Morgan fingerprint density at radius 1 is 1.37 bits per heavy atom. The van der Waals surface area contributed by atoms with Crippen molar-refractivity contribution in [1.29, 1.82) is 0 Å². The average molecular weight is 283 g/mol. The molecule has 0 aliphatic rings. The molecule has 0 unspecified atom stereocenters. The van der Waals surface area contributed by atoms with Crippen molar-refractivity contribution in [2.45, 2.75) is 32.2 Å². The number of nitrogens with one attached hydrogen (secondary N) is 1. The summed E-state index contributed by atoms with van der Waals surface area (Å²) in [4.78, 5) is 0.234. The first kappa shape index (κ1) is 13.6. The van der Waals surface area contributed by atoms with E-state index in [2.05, 4.69) is 14.9 Å². The highest BCUT2D eigenvalue weighted by atomic mass is 32.2. The summed E-state index contributed by atoms with van der Waals surface area (Å²) >= 11 is 0. The standard InChI is InChI=1S/C11H17N5O2S/c1-5-16-9(3)11(8(2)13-16)19(17,18)14-10-6-12-15(4)7-10/h6-7,14H,5H2,1-4H3. The van der Waals surface area contributed by atoms with Crippen LogP contribution < -0.4 is 4.72 Å². The maximum atomic E-state index is 12.4. The van der Waals surface area contributed by atoms with Crippen LogP contribution in [-0.4, -0.2) is 28.0 Å². The minimum atomic E-state index is -3.64. The van der Waals surface area contributed by atoms with Crippen molar-refractivity contribution in [2.24, 2.45) is 7.05 Å². The van der Waals surface area contributed by atoms with Gasteiger partial charge in [-0.15, -0.1) is 0 Å². The molecule has 0 aliphatic carbocycles. The van der Waals surface area contributed by atoms with Gasteiger partial charge in [0.05, 0.1) is 23.3 Å². The van der Waals surface area contributed by atoms with E-state index in [0.717, 1.165) is 0 Å². The van der Waals surface area contributed by atoms with Gasteiger partial charge < -0.3 is 0 Å². The Bertz CT molecular complexity index is 699. The minimum Gasteiger partial charge on any atom is -0.276 e. The van der Waals surface area contributed by atoms with Crippen LogP contribution in [-0.2, 0) is 23.6 Å². The average Bonchev–Trinajstić information content (AvgIpc) is 2.82. The van der Waals surface area contributed by atoms with Crippen molar-refractivity contribution in [3.63, 3.8) is 0 Å². The lowest BCUT2D eigenvalue weighted by Crippen LogP contribution is -2.14. The first-order chi connectivity index (χ1) is 8.85. The molecule has 104 valence electrons. The molecule has 2 aromatic rings. The van der Waals surface area contributed by atoms with E-state index in [4.69, 9.17) is 0 Å². The highest BCUT2D eigenvalue weighted by Gasteiger charge is 2.24. The molecule has 2 aromatic heterocycles. The number of sulfonamides is 1. The minimum absolute atomic E-state index is 0.234. The van der Waals surface area contributed by atoms with E-state index in [1.54, 1.807) is 31.8 Å². The van der Waals surface area contributed by atoms with Gasteiger partial charge >= 0.3 is 0 Å². The van der Waals surface area contributed by atoms with E-state index >= 15 is 0 Å². The van der Waals surface area contributed by atoms with Crippen LogP contribution in [0.2, 0.25) is 0 Å². The van der Waals surface area contributed by atoms with Crippen LogP contribution in [0, 0.1) is 13.8 Å². The second-order valence-electron chi connectivity index (χ2n) is 4.32. The van der Waals surface area contributed by atoms with Crippen molar-refractivity contribution in [3.8, 4) is 0 Å². The quantitative estimate of drug-likeness (QED) is 0.909. The lowest BCUT2D eigenvalue weighted by atomic mass is 10.4. The molecule has 1 N–H and O–H groups in total. The van der Waals surface area contributed by atoms with Crippen LogP contribution in [0.3, 0.4) is 0 Å². The van der Waals surface area contributed by atoms with Gasteiger partial charge in [-0.1, -0.05) is 0 Å². The number of rotatable bonds is 4. The first-order valence-electron chi connectivity index (χ1n) is 5.90.